The lowest BCUT2D eigenvalue weighted by Gasteiger charge is -2.13. The summed E-state index contributed by atoms with van der Waals surface area (Å²) in [6, 6.07) is 20.0. The number of allylic oxidation sites excluding steroid dienone is 2. The summed E-state index contributed by atoms with van der Waals surface area (Å²) in [5.74, 6) is 2.89. The van der Waals surface area contributed by atoms with E-state index in [0.717, 1.165) is 45.3 Å². The quantitative estimate of drug-likeness (QED) is 0.349. The third-order valence-corrected chi connectivity index (χ3v) is 4.91. The van der Waals surface area contributed by atoms with E-state index >= 15 is 0 Å². The first-order valence-electron chi connectivity index (χ1n) is 10.6. The molecule has 0 atom stereocenters. The van der Waals surface area contributed by atoms with E-state index in [-0.39, 0.29) is 0 Å². The number of ether oxygens (including phenoxy) is 4. The standard InChI is InChI=1S/C28H30O4/c1-5-7-21-13-15-25(27(17-21)29-3)31-19-23-9-11-24(12-10-23)20-32-26-16-14-22(8-6-2)18-28(26)30-4/h5-18H,19-20H2,1-4H3/b7-5+,8-6+. The van der Waals surface area contributed by atoms with Gasteiger partial charge in [0, 0.05) is 0 Å². The molecule has 4 nitrogen and oxygen atoms in total. The molecule has 3 rings (SSSR count). The lowest BCUT2D eigenvalue weighted by Crippen LogP contribution is -2.00. The van der Waals surface area contributed by atoms with Crippen molar-refractivity contribution in [2.75, 3.05) is 14.2 Å². The van der Waals surface area contributed by atoms with Crippen molar-refractivity contribution in [3.63, 3.8) is 0 Å². The Balaban J connectivity index is 1.59. The summed E-state index contributed by atoms with van der Waals surface area (Å²) in [5.41, 5.74) is 4.30. The minimum Gasteiger partial charge on any atom is -0.493 e. The number of rotatable bonds is 10. The average Bonchev–Trinajstić information content (AvgIpc) is 2.83. The van der Waals surface area contributed by atoms with Crippen molar-refractivity contribution in [3.8, 4) is 23.0 Å². The number of benzene rings is 3. The molecule has 0 aliphatic heterocycles. The predicted molar refractivity (Wildman–Crippen MR) is 131 cm³/mol. The third kappa shape index (κ3) is 6.17. The minimum atomic E-state index is 0.459. The maximum atomic E-state index is 5.98. The van der Waals surface area contributed by atoms with E-state index < -0.39 is 0 Å². The molecule has 0 bridgehead atoms. The predicted octanol–water partition coefficient (Wildman–Crippen LogP) is 6.93. The summed E-state index contributed by atoms with van der Waals surface area (Å²) < 4.78 is 22.9. The second kappa shape index (κ2) is 11.7. The Labute approximate surface area is 190 Å². The van der Waals surface area contributed by atoms with Crippen molar-refractivity contribution in [2.24, 2.45) is 0 Å². The molecule has 0 amide bonds. The van der Waals surface area contributed by atoms with Crippen molar-refractivity contribution in [3.05, 3.63) is 95.1 Å². The van der Waals surface area contributed by atoms with Crippen LogP contribution in [0.2, 0.25) is 0 Å². The van der Waals surface area contributed by atoms with Gasteiger partial charge in [-0.25, -0.2) is 0 Å². The molecule has 0 saturated heterocycles. The molecule has 4 heteroatoms. The van der Waals surface area contributed by atoms with Gasteiger partial charge in [-0.1, -0.05) is 60.7 Å². The first kappa shape index (κ1) is 23.0. The van der Waals surface area contributed by atoms with Gasteiger partial charge in [0.05, 0.1) is 14.2 Å². The molecule has 166 valence electrons. The minimum absolute atomic E-state index is 0.459. The molecule has 0 fully saturated rings. The molecule has 0 spiro atoms. The zero-order valence-corrected chi connectivity index (χ0v) is 19.1. The molecule has 0 radical (unpaired) electrons. The Hall–Kier alpha value is -3.66. The van der Waals surface area contributed by atoms with Crippen LogP contribution in [-0.2, 0) is 13.2 Å². The first-order chi connectivity index (χ1) is 15.7. The second-order valence-corrected chi connectivity index (χ2v) is 7.21. The maximum Gasteiger partial charge on any atom is 0.161 e. The highest BCUT2D eigenvalue weighted by Crippen LogP contribution is 2.30. The van der Waals surface area contributed by atoms with Crippen LogP contribution >= 0.6 is 0 Å². The summed E-state index contributed by atoms with van der Waals surface area (Å²) >= 11 is 0. The SMILES string of the molecule is C/C=C/c1ccc(OCc2ccc(COc3ccc(/C=C/C)cc3OC)cc2)c(OC)c1. The molecule has 0 heterocycles. The first-order valence-corrected chi connectivity index (χ1v) is 10.6. The molecule has 32 heavy (non-hydrogen) atoms. The summed E-state index contributed by atoms with van der Waals surface area (Å²) in [6.07, 6.45) is 8.05. The fourth-order valence-electron chi connectivity index (χ4n) is 3.25. The highest BCUT2D eigenvalue weighted by molar-refractivity contribution is 5.56. The fraction of sp³-hybridized carbons (Fsp3) is 0.214. The van der Waals surface area contributed by atoms with Crippen LogP contribution in [0.4, 0.5) is 0 Å². The molecular formula is C28H30O4. The van der Waals surface area contributed by atoms with Crippen LogP contribution < -0.4 is 18.9 Å². The Morgan fingerprint density at radius 3 is 1.31 bits per heavy atom. The zero-order chi connectivity index (χ0) is 22.8. The van der Waals surface area contributed by atoms with E-state index in [1.807, 2.05) is 98.8 Å². The normalized spacial score (nSPS) is 11.1. The van der Waals surface area contributed by atoms with Crippen molar-refractivity contribution in [2.45, 2.75) is 27.1 Å². The number of methoxy groups -OCH3 is 2. The molecule has 0 saturated carbocycles. The van der Waals surface area contributed by atoms with Gasteiger partial charge in [0.1, 0.15) is 13.2 Å². The Kier molecular flexibility index (Phi) is 8.38. The summed E-state index contributed by atoms with van der Waals surface area (Å²) in [5, 5.41) is 0. The van der Waals surface area contributed by atoms with Crippen molar-refractivity contribution in [1.82, 2.24) is 0 Å². The lowest BCUT2D eigenvalue weighted by molar-refractivity contribution is 0.282. The summed E-state index contributed by atoms with van der Waals surface area (Å²) in [4.78, 5) is 0. The third-order valence-electron chi connectivity index (χ3n) is 4.91. The van der Waals surface area contributed by atoms with Gasteiger partial charge >= 0.3 is 0 Å². The molecule has 3 aromatic rings. The lowest BCUT2D eigenvalue weighted by atomic mass is 10.1. The van der Waals surface area contributed by atoms with Gasteiger partial charge in [0.25, 0.3) is 0 Å². The van der Waals surface area contributed by atoms with Crippen LogP contribution in [0.3, 0.4) is 0 Å². The zero-order valence-electron chi connectivity index (χ0n) is 19.1. The van der Waals surface area contributed by atoms with Gasteiger partial charge < -0.3 is 18.9 Å². The molecule has 0 aliphatic rings. The smallest absolute Gasteiger partial charge is 0.161 e. The van der Waals surface area contributed by atoms with Crippen LogP contribution in [0, 0.1) is 0 Å². The topological polar surface area (TPSA) is 36.9 Å². The molecule has 0 aliphatic carbocycles. The van der Waals surface area contributed by atoms with Crippen LogP contribution in [0.15, 0.2) is 72.8 Å². The Morgan fingerprint density at radius 1 is 0.562 bits per heavy atom. The second-order valence-electron chi connectivity index (χ2n) is 7.21. The fourth-order valence-corrected chi connectivity index (χ4v) is 3.25. The monoisotopic (exact) mass is 430 g/mol. The van der Waals surface area contributed by atoms with Crippen LogP contribution in [-0.4, -0.2) is 14.2 Å². The largest absolute Gasteiger partial charge is 0.493 e. The van der Waals surface area contributed by atoms with Crippen molar-refractivity contribution < 1.29 is 18.9 Å². The van der Waals surface area contributed by atoms with E-state index in [1.165, 1.54) is 0 Å². The molecule has 0 N–H and O–H groups in total. The van der Waals surface area contributed by atoms with E-state index in [0.29, 0.717) is 13.2 Å². The number of hydrogen-bond donors (Lipinski definition) is 0. The van der Waals surface area contributed by atoms with Crippen molar-refractivity contribution >= 4 is 12.2 Å². The summed E-state index contributed by atoms with van der Waals surface area (Å²) in [6.45, 7) is 4.90. The molecular weight excluding hydrogens is 400 g/mol. The van der Waals surface area contributed by atoms with E-state index in [9.17, 15) is 0 Å². The maximum absolute atomic E-state index is 5.98. The molecule has 0 unspecified atom stereocenters. The van der Waals surface area contributed by atoms with Gasteiger partial charge in [-0.05, 0) is 60.4 Å². The van der Waals surface area contributed by atoms with Crippen LogP contribution in [0.1, 0.15) is 36.1 Å². The van der Waals surface area contributed by atoms with Gasteiger partial charge in [-0.3, -0.25) is 0 Å². The number of hydrogen-bond acceptors (Lipinski definition) is 4. The molecule has 0 aromatic heterocycles. The van der Waals surface area contributed by atoms with Crippen LogP contribution in [0.25, 0.3) is 12.2 Å². The van der Waals surface area contributed by atoms with Gasteiger partial charge in [-0.2, -0.15) is 0 Å². The van der Waals surface area contributed by atoms with E-state index in [2.05, 4.69) is 0 Å². The Bertz CT molecular complexity index is 979. The van der Waals surface area contributed by atoms with Gasteiger partial charge in [0.15, 0.2) is 23.0 Å². The van der Waals surface area contributed by atoms with E-state index in [1.54, 1.807) is 14.2 Å². The van der Waals surface area contributed by atoms with E-state index in [4.69, 9.17) is 18.9 Å². The highest BCUT2D eigenvalue weighted by Gasteiger charge is 2.07. The van der Waals surface area contributed by atoms with Gasteiger partial charge in [-0.15, -0.1) is 0 Å². The van der Waals surface area contributed by atoms with Crippen molar-refractivity contribution in [1.29, 1.82) is 0 Å². The summed E-state index contributed by atoms with van der Waals surface area (Å²) in [7, 11) is 3.30. The molecule has 3 aromatic carbocycles. The highest BCUT2D eigenvalue weighted by atomic mass is 16.5. The Morgan fingerprint density at radius 2 is 0.969 bits per heavy atom. The average molecular weight is 431 g/mol. The van der Waals surface area contributed by atoms with Gasteiger partial charge in [0.2, 0.25) is 0 Å². The van der Waals surface area contributed by atoms with Crippen LogP contribution in [0.5, 0.6) is 23.0 Å².